The van der Waals surface area contributed by atoms with Gasteiger partial charge in [-0.2, -0.15) is 0 Å². The van der Waals surface area contributed by atoms with Crippen LogP contribution in [0.5, 0.6) is 0 Å². The molecule has 0 N–H and O–H groups in total. The van der Waals surface area contributed by atoms with Crippen molar-refractivity contribution in [1.82, 2.24) is 0 Å². The number of hydrogen-bond acceptors (Lipinski definition) is 4. The maximum Gasteiger partial charge on any atom is 0.159 e. The second kappa shape index (κ2) is 25.8. The normalized spacial score (nSPS) is 11.7. The largest absolute Gasteiger partial charge is 0.454 e. The number of rotatable bonds is 13. The molecule has 2 aromatic heterocycles. The second-order valence-corrected chi connectivity index (χ2v) is 28.1. The first-order valence-corrected chi connectivity index (χ1v) is 37.0. The molecular weight excluding hydrogens is 1310 g/mol. The van der Waals surface area contributed by atoms with E-state index in [4.69, 9.17) is 8.83 Å². The van der Waals surface area contributed by atoms with E-state index in [9.17, 15) is 0 Å². The molecule has 504 valence electrons. The number of anilines is 6. The fourth-order valence-electron chi connectivity index (χ4n) is 17.0. The van der Waals surface area contributed by atoms with Gasteiger partial charge in [-0.1, -0.05) is 315 Å². The van der Waals surface area contributed by atoms with Crippen molar-refractivity contribution < 1.29 is 8.83 Å². The minimum absolute atomic E-state index is 0.832. The van der Waals surface area contributed by atoms with Crippen molar-refractivity contribution in [3.63, 3.8) is 0 Å². The molecule has 21 aromatic rings. The third kappa shape index (κ3) is 10.5. The molecule has 0 aliphatic heterocycles. The lowest BCUT2D eigenvalue weighted by Gasteiger charge is -2.28. The van der Waals surface area contributed by atoms with Crippen LogP contribution in [0, 0.1) is 0 Å². The predicted molar refractivity (Wildman–Crippen MR) is 456 cm³/mol. The van der Waals surface area contributed by atoms with Gasteiger partial charge in [0.2, 0.25) is 0 Å². The Balaban J connectivity index is 0.676. The fourth-order valence-corrected chi connectivity index (χ4v) is 17.0. The van der Waals surface area contributed by atoms with Crippen LogP contribution in [0.3, 0.4) is 0 Å². The molecule has 0 atom stereocenters. The zero-order valence-electron chi connectivity index (χ0n) is 58.8. The van der Waals surface area contributed by atoms with E-state index in [1.165, 1.54) is 81.7 Å². The van der Waals surface area contributed by atoms with E-state index in [-0.39, 0.29) is 0 Å². The summed E-state index contributed by atoms with van der Waals surface area (Å²) < 4.78 is 13.8. The van der Waals surface area contributed by atoms with Crippen LogP contribution >= 0.6 is 0 Å². The third-order valence-electron chi connectivity index (χ3n) is 22.0. The molecule has 0 amide bonds. The van der Waals surface area contributed by atoms with Gasteiger partial charge in [-0.15, -0.1) is 0 Å². The van der Waals surface area contributed by atoms with E-state index in [0.29, 0.717) is 0 Å². The molecular formula is C104H66N2O2. The predicted octanol–water partition coefficient (Wildman–Crippen LogP) is 29.9. The lowest BCUT2D eigenvalue weighted by molar-refractivity contribution is 0.668. The molecule has 2 heterocycles. The van der Waals surface area contributed by atoms with Crippen LogP contribution in [0.4, 0.5) is 34.1 Å². The van der Waals surface area contributed by atoms with E-state index >= 15 is 0 Å². The standard InChI is InChI=1S/C104H66N2O2/c1-2-24-67(25-3-1)70-28-16-29-71(62-70)68-54-57-77(58-55-68)105(99-50-22-46-93-91-39-10-14-52-101(91)107-103(93)99)97-48-12-8-35-83(97)75-33-18-31-73(64-75)81-42-20-45-86-82(43-21-44-85(81)86)76-56-60-89-87-37-6-7-38-88(87)96-66-78(59-61-90(96)95(89)65-76)106(100-51-23-47-94-92-40-11-15-53-102(92)108-104(94)100)98-49-13-9-36-84(98)74-32-17-30-72(63-74)80-41-19-27-69-26-4-5-34-79(69)80/h1-66H. The van der Waals surface area contributed by atoms with Crippen LogP contribution in [0.15, 0.2) is 409 Å². The summed E-state index contributed by atoms with van der Waals surface area (Å²) in [5.41, 5.74) is 25.5. The van der Waals surface area contributed by atoms with E-state index in [2.05, 4.69) is 404 Å². The van der Waals surface area contributed by atoms with Gasteiger partial charge in [0.05, 0.1) is 22.7 Å². The molecule has 0 spiro atoms. The van der Waals surface area contributed by atoms with Gasteiger partial charge in [0.15, 0.2) is 11.2 Å². The Morgan fingerprint density at radius 1 is 0.157 bits per heavy atom. The molecule has 0 unspecified atom stereocenters. The minimum atomic E-state index is 0.832. The van der Waals surface area contributed by atoms with Crippen molar-refractivity contribution in [3.8, 4) is 77.9 Å². The van der Waals surface area contributed by atoms with Gasteiger partial charge in [0, 0.05) is 44.0 Å². The summed E-state index contributed by atoms with van der Waals surface area (Å²) >= 11 is 0. The second-order valence-electron chi connectivity index (χ2n) is 28.1. The number of furan rings is 2. The van der Waals surface area contributed by atoms with E-state index < -0.39 is 0 Å². The molecule has 4 nitrogen and oxygen atoms in total. The first kappa shape index (κ1) is 62.3. The average Bonchev–Trinajstić information content (AvgIpc) is 1.11. The van der Waals surface area contributed by atoms with Gasteiger partial charge in [-0.25, -0.2) is 0 Å². The molecule has 19 aromatic carbocycles. The smallest absolute Gasteiger partial charge is 0.159 e. The summed E-state index contributed by atoms with van der Waals surface area (Å²) in [7, 11) is 0. The summed E-state index contributed by atoms with van der Waals surface area (Å²) in [5, 5.41) is 16.3. The van der Waals surface area contributed by atoms with Gasteiger partial charge in [-0.05, 0) is 206 Å². The number of hydrogen-bond donors (Lipinski definition) is 0. The van der Waals surface area contributed by atoms with Crippen LogP contribution in [0.25, 0.3) is 176 Å². The summed E-state index contributed by atoms with van der Waals surface area (Å²) in [6.45, 7) is 0. The van der Waals surface area contributed by atoms with Crippen LogP contribution in [-0.4, -0.2) is 0 Å². The van der Waals surface area contributed by atoms with Gasteiger partial charge in [0.1, 0.15) is 11.2 Å². The van der Waals surface area contributed by atoms with Gasteiger partial charge >= 0.3 is 0 Å². The van der Waals surface area contributed by atoms with Crippen LogP contribution in [-0.2, 0) is 0 Å². The van der Waals surface area contributed by atoms with Gasteiger partial charge in [-0.3, -0.25) is 0 Å². The van der Waals surface area contributed by atoms with Crippen LogP contribution < -0.4 is 9.80 Å². The molecule has 0 fully saturated rings. The quantitative estimate of drug-likeness (QED) is 0.108. The SMILES string of the molecule is c1ccc(-c2cccc(-c3ccc(N(c4ccccc4-c4cccc(-c5cccc6c(-c7ccc8c9ccccc9c9cc(N(c%10ccccc%10-c%10cccc(-c%11cccc%12ccccc%11%12)c%10)c%10cccc%11c%10oc%10ccccc%10%11)ccc9c8c7)cccc56)c4)c4cccc5c4oc4ccccc45)cc3)c2)cc1. The van der Waals surface area contributed by atoms with Crippen molar-refractivity contribution >= 4 is 132 Å². The van der Waals surface area contributed by atoms with Crippen LogP contribution in [0.2, 0.25) is 0 Å². The zero-order chi connectivity index (χ0) is 71.2. The molecule has 0 aliphatic carbocycles. The summed E-state index contributed by atoms with van der Waals surface area (Å²) in [6, 6.07) is 146. The van der Waals surface area contributed by atoms with Crippen molar-refractivity contribution in [3.05, 3.63) is 400 Å². The summed E-state index contributed by atoms with van der Waals surface area (Å²) in [6.07, 6.45) is 0. The summed E-state index contributed by atoms with van der Waals surface area (Å²) in [5.74, 6) is 0. The van der Waals surface area contributed by atoms with Crippen LogP contribution in [0.1, 0.15) is 0 Å². The molecule has 0 saturated heterocycles. The molecule has 4 heteroatoms. The number of fused-ring (bicyclic) bond motifs is 14. The minimum Gasteiger partial charge on any atom is -0.454 e. The highest BCUT2D eigenvalue weighted by atomic mass is 16.3. The topological polar surface area (TPSA) is 32.8 Å². The maximum atomic E-state index is 6.96. The maximum absolute atomic E-state index is 6.96. The zero-order valence-corrected chi connectivity index (χ0v) is 58.8. The van der Waals surface area contributed by atoms with Crippen molar-refractivity contribution in [2.75, 3.05) is 9.80 Å². The molecule has 21 rings (SSSR count). The van der Waals surface area contributed by atoms with E-state index in [0.717, 1.165) is 128 Å². The number of benzene rings is 19. The molecule has 0 saturated carbocycles. The Morgan fingerprint density at radius 2 is 0.481 bits per heavy atom. The highest BCUT2D eigenvalue weighted by Crippen LogP contribution is 2.51. The Hall–Kier alpha value is -14.3. The average molecular weight is 1380 g/mol. The molecule has 0 aliphatic rings. The summed E-state index contributed by atoms with van der Waals surface area (Å²) in [4.78, 5) is 4.80. The lowest BCUT2D eigenvalue weighted by atomic mass is 9.89. The first-order chi connectivity index (χ1) is 53.6. The Labute approximate surface area is 624 Å². The first-order valence-electron chi connectivity index (χ1n) is 37.0. The highest BCUT2D eigenvalue weighted by Gasteiger charge is 2.26. The number of para-hydroxylation sites is 6. The van der Waals surface area contributed by atoms with E-state index in [1.807, 2.05) is 6.07 Å². The molecule has 108 heavy (non-hydrogen) atoms. The highest BCUT2D eigenvalue weighted by molar-refractivity contribution is 6.27. The Bertz CT molecular complexity index is 7140. The monoisotopic (exact) mass is 1370 g/mol. The van der Waals surface area contributed by atoms with E-state index in [1.54, 1.807) is 0 Å². The Kier molecular flexibility index (Phi) is 14.9. The fraction of sp³-hybridized carbons (Fsp3) is 0. The molecule has 0 radical (unpaired) electrons. The lowest BCUT2D eigenvalue weighted by Crippen LogP contribution is -2.11. The Morgan fingerprint density at radius 3 is 1.08 bits per heavy atom. The van der Waals surface area contributed by atoms with Gasteiger partial charge in [0.25, 0.3) is 0 Å². The third-order valence-corrected chi connectivity index (χ3v) is 22.0. The molecule has 0 bridgehead atoms. The van der Waals surface area contributed by atoms with Crippen molar-refractivity contribution in [2.24, 2.45) is 0 Å². The van der Waals surface area contributed by atoms with Crippen molar-refractivity contribution in [1.29, 1.82) is 0 Å². The number of nitrogens with zero attached hydrogens (tertiary/aromatic N) is 2. The van der Waals surface area contributed by atoms with Gasteiger partial charge < -0.3 is 18.6 Å². The van der Waals surface area contributed by atoms with Crippen molar-refractivity contribution in [2.45, 2.75) is 0 Å².